The topological polar surface area (TPSA) is 59.2 Å². The van der Waals surface area contributed by atoms with Crippen molar-refractivity contribution in [2.45, 2.75) is 50.0 Å². The first-order valence-corrected chi connectivity index (χ1v) is 6.27. The van der Waals surface area contributed by atoms with Crippen LogP contribution in [0.25, 0.3) is 0 Å². The molecule has 0 aliphatic rings. The Labute approximate surface area is 107 Å². The summed E-state index contributed by atoms with van der Waals surface area (Å²) in [6, 6.07) is 0. The lowest BCUT2D eigenvalue weighted by Crippen LogP contribution is -2.30. The SMILES string of the molecule is CC(C)(C)SCc1noc(CC(O)C(F)(F)F)n1. The summed E-state index contributed by atoms with van der Waals surface area (Å²) in [5.41, 5.74) is 0. The van der Waals surface area contributed by atoms with E-state index in [-0.39, 0.29) is 10.6 Å². The smallest absolute Gasteiger partial charge is 0.383 e. The van der Waals surface area contributed by atoms with Crippen LogP contribution in [0.1, 0.15) is 32.5 Å². The van der Waals surface area contributed by atoms with Gasteiger partial charge in [0.05, 0.1) is 12.2 Å². The summed E-state index contributed by atoms with van der Waals surface area (Å²) in [7, 11) is 0. The lowest BCUT2D eigenvalue weighted by atomic mass is 10.2. The van der Waals surface area contributed by atoms with E-state index >= 15 is 0 Å². The molecule has 0 saturated heterocycles. The fourth-order valence-electron chi connectivity index (χ4n) is 0.994. The summed E-state index contributed by atoms with van der Waals surface area (Å²) in [5, 5.41) is 12.4. The highest BCUT2D eigenvalue weighted by Gasteiger charge is 2.39. The van der Waals surface area contributed by atoms with Gasteiger partial charge in [-0.3, -0.25) is 0 Å². The first-order chi connectivity index (χ1) is 8.08. The highest BCUT2D eigenvalue weighted by Crippen LogP contribution is 2.26. The number of aliphatic hydroxyl groups is 1. The van der Waals surface area contributed by atoms with Crippen molar-refractivity contribution in [2.75, 3.05) is 0 Å². The highest BCUT2D eigenvalue weighted by atomic mass is 32.2. The second-order valence-electron chi connectivity index (χ2n) is 4.77. The Morgan fingerprint density at radius 3 is 2.44 bits per heavy atom. The lowest BCUT2D eigenvalue weighted by Gasteiger charge is -2.15. The third-order valence-corrected chi connectivity index (χ3v) is 3.16. The van der Waals surface area contributed by atoms with Crippen molar-refractivity contribution in [2.24, 2.45) is 0 Å². The van der Waals surface area contributed by atoms with E-state index in [0.29, 0.717) is 11.6 Å². The van der Waals surface area contributed by atoms with E-state index in [1.54, 1.807) is 11.8 Å². The minimum atomic E-state index is -4.67. The first kappa shape index (κ1) is 15.3. The van der Waals surface area contributed by atoms with Crippen molar-refractivity contribution in [1.29, 1.82) is 0 Å². The van der Waals surface area contributed by atoms with Crippen LogP contribution in [0.15, 0.2) is 4.52 Å². The Bertz CT molecular complexity index is 387. The second-order valence-corrected chi connectivity index (χ2v) is 6.57. The number of thioether (sulfide) groups is 1. The molecule has 0 aliphatic carbocycles. The number of alkyl halides is 3. The zero-order valence-electron chi connectivity index (χ0n) is 10.3. The molecule has 1 atom stereocenters. The molecule has 1 rings (SSSR count). The van der Waals surface area contributed by atoms with Crippen molar-refractivity contribution >= 4 is 11.8 Å². The number of hydrogen-bond donors (Lipinski definition) is 1. The molecule has 0 fully saturated rings. The maximum atomic E-state index is 12.1. The molecule has 1 heterocycles. The van der Waals surface area contributed by atoms with Crippen molar-refractivity contribution in [1.82, 2.24) is 10.1 Å². The van der Waals surface area contributed by atoms with E-state index in [9.17, 15) is 13.2 Å². The molecule has 0 radical (unpaired) electrons. The van der Waals surface area contributed by atoms with Gasteiger partial charge in [-0.15, -0.1) is 11.8 Å². The van der Waals surface area contributed by atoms with Crippen molar-refractivity contribution in [3.63, 3.8) is 0 Å². The number of halogens is 3. The molecule has 8 heteroatoms. The number of rotatable bonds is 4. The normalized spacial score (nSPS) is 14.8. The molecule has 1 aromatic rings. The van der Waals surface area contributed by atoms with Crippen LogP contribution in [-0.2, 0) is 12.2 Å². The van der Waals surface area contributed by atoms with E-state index in [4.69, 9.17) is 5.11 Å². The van der Waals surface area contributed by atoms with Gasteiger partial charge >= 0.3 is 6.18 Å². The van der Waals surface area contributed by atoms with Crippen LogP contribution in [-0.4, -0.2) is 32.3 Å². The van der Waals surface area contributed by atoms with Crippen LogP contribution in [0.2, 0.25) is 0 Å². The number of hydrogen-bond acceptors (Lipinski definition) is 5. The minimum Gasteiger partial charge on any atom is -0.383 e. The average Bonchev–Trinajstić information content (AvgIpc) is 2.60. The average molecular weight is 284 g/mol. The lowest BCUT2D eigenvalue weighted by molar-refractivity contribution is -0.204. The van der Waals surface area contributed by atoms with Crippen LogP contribution in [0.4, 0.5) is 13.2 Å². The van der Waals surface area contributed by atoms with Gasteiger partial charge in [-0.1, -0.05) is 25.9 Å². The van der Waals surface area contributed by atoms with Gasteiger partial charge in [0.25, 0.3) is 0 Å². The standard InChI is InChI=1S/C10H15F3N2O2S/c1-9(2,3)18-5-7-14-8(17-15-7)4-6(16)10(11,12)13/h6,16H,4-5H2,1-3H3. The Hall–Kier alpha value is -0.760. The van der Waals surface area contributed by atoms with E-state index < -0.39 is 18.7 Å². The predicted octanol–water partition coefficient (Wildman–Crippen LogP) is 2.57. The molecule has 1 aromatic heterocycles. The van der Waals surface area contributed by atoms with Gasteiger partial charge in [-0.05, 0) is 0 Å². The summed E-state index contributed by atoms with van der Waals surface area (Å²) in [5.74, 6) is 0.582. The van der Waals surface area contributed by atoms with Crippen LogP contribution < -0.4 is 0 Å². The molecule has 0 amide bonds. The quantitative estimate of drug-likeness (QED) is 0.920. The van der Waals surface area contributed by atoms with Gasteiger partial charge in [-0.25, -0.2) is 0 Å². The molecule has 0 saturated carbocycles. The number of aliphatic hydroxyl groups excluding tert-OH is 1. The summed E-state index contributed by atoms with van der Waals surface area (Å²) >= 11 is 1.55. The van der Waals surface area contributed by atoms with Crippen molar-refractivity contribution in [3.8, 4) is 0 Å². The van der Waals surface area contributed by atoms with Crippen molar-refractivity contribution in [3.05, 3.63) is 11.7 Å². The highest BCUT2D eigenvalue weighted by molar-refractivity contribution is 7.99. The summed E-state index contributed by atoms with van der Waals surface area (Å²) in [6.07, 6.45) is -7.85. The maximum Gasteiger partial charge on any atom is 0.414 e. The molecule has 1 unspecified atom stereocenters. The van der Waals surface area contributed by atoms with Crippen LogP contribution in [0, 0.1) is 0 Å². The molecule has 18 heavy (non-hydrogen) atoms. The van der Waals surface area contributed by atoms with E-state index in [2.05, 4.69) is 14.7 Å². The number of nitrogens with zero attached hydrogens (tertiary/aromatic N) is 2. The van der Waals surface area contributed by atoms with Gasteiger partial charge in [0, 0.05) is 4.75 Å². The Kier molecular flexibility index (Phi) is 4.66. The van der Waals surface area contributed by atoms with Crippen LogP contribution in [0.3, 0.4) is 0 Å². The fraction of sp³-hybridized carbons (Fsp3) is 0.800. The first-order valence-electron chi connectivity index (χ1n) is 5.28. The molecule has 0 aliphatic heterocycles. The predicted molar refractivity (Wildman–Crippen MR) is 61.1 cm³/mol. The van der Waals surface area contributed by atoms with Crippen LogP contribution >= 0.6 is 11.8 Å². The third kappa shape index (κ3) is 5.26. The number of aromatic nitrogens is 2. The summed E-state index contributed by atoms with van der Waals surface area (Å²) in [4.78, 5) is 3.81. The van der Waals surface area contributed by atoms with E-state index in [1.165, 1.54) is 0 Å². The van der Waals surface area contributed by atoms with Gasteiger partial charge in [0.2, 0.25) is 5.89 Å². The monoisotopic (exact) mass is 284 g/mol. The molecule has 0 spiro atoms. The second kappa shape index (κ2) is 5.48. The molecule has 0 aromatic carbocycles. The zero-order valence-corrected chi connectivity index (χ0v) is 11.1. The third-order valence-electron chi connectivity index (χ3n) is 1.89. The zero-order chi connectivity index (χ0) is 14.0. The van der Waals surface area contributed by atoms with Gasteiger partial charge in [0.1, 0.15) is 0 Å². The Morgan fingerprint density at radius 2 is 1.94 bits per heavy atom. The van der Waals surface area contributed by atoms with Crippen LogP contribution in [0.5, 0.6) is 0 Å². The van der Waals surface area contributed by atoms with E-state index in [1.807, 2.05) is 20.8 Å². The molecule has 0 bridgehead atoms. The molecule has 4 nitrogen and oxygen atoms in total. The summed E-state index contributed by atoms with van der Waals surface area (Å²) in [6.45, 7) is 6.02. The minimum absolute atomic E-state index is 0.00623. The van der Waals surface area contributed by atoms with E-state index in [0.717, 1.165) is 0 Å². The maximum absolute atomic E-state index is 12.1. The molecule has 1 N–H and O–H groups in total. The van der Waals surface area contributed by atoms with Crippen molar-refractivity contribution < 1.29 is 22.8 Å². The Morgan fingerprint density at radius 1 is 1.33 bits per heavy atom. The molecular weight excluding hydrogens is 269 g/mol. The van der Waals surface area contributed by atoms with Gasteiger partial charge in [0.15, 0.2) is 11.9 Å². The largest absolute Gasteiger partial charge is 0.414 e. The molecule has 104 valence electrons. The van der Waals surface area contributed by atoms with Gasteiger partial charge in [-0.2, -0.15) is 18.2 Å². The molecular formula is C10H15F3N2O2S. The fourth-order valence-corrected chi connectivity index (χ4v) is 1.67. The Balaban J connectivity index is 2.54. The summed E-state index contributed by atoms with van der Waals surface area (Å²) < 4.78 is 41.0. The van der Waals surface area contributed by atoms with Gasteiger partial charge < -0.3 is 9.63 Å².